The van der Waals surface area contributed by atoms with Crippen LogP contribution in [0.5, 0.6) is 63.2 Å². The van der Waals surface area contributed by atoms with E-state index in [2.05, 4.69) is 83.1 Å². The Morgan fingerprint density at radius 1 is 0.222 bits per heavy atom. The molecule has 15 aromatic rings. The van der Waals surface area contributed by atoms with E-state index >= 15 is 9.90 Å². The first-order valence-corrected chi connectivity index (χ1v) is 42.4. The van der Waals surface area contributed by atoms with E-state index in [4.69, 9.17) is 14.2 Å². The molecule has 13 nitrogen and oxygen atoms in total. The number of phenolic OH excluding ortho intramolecular Hbond substituents is 8. The number of carbonyl (C=O) groups excluding carboxylic acids is 1. The minimum absolute atomic E-state index is 0.00978. The zero-order valence-corrected chi connectivity index (χ0v) is 73.4. The minimum atomic E-state index is -3.10. The van der Waals surface area contributed by atoms with Crippen molar-refractivity contribution in [2.45, 2.75) is 141 Å². The summed E-state index contributed by atoms with van der Waals surface area (Å²) in [5.74, 6) is -3.04. The predicted octanol–water partition coefficient (Wildman–Crippen LogP) is 25.8. The molecule has 0 amide bonds. The van der Waals surface area contributed by atoms with Crippen LogP contribution in [0.2, 0.25) is 0 Å². The lowest BCUT2D eigenvalue weighted by molar-refractivity contribution is -0.283. The maximum absolute atomic E-state index is 17.7. The van der Waals surface area contributed by atoms with E-state index in [1.165, 1.54) is 6.07 Å². The second-order valence-corrected chi connectivity index (χ2v) is 36.7. The van der Waals surface area contributed by atoms with Crippen molar-refractivity contribution < 1.29 is 65.0 Å². The smallest absolute Gasteiger partial charge is 0.400 e. The molecule has 0 radical (unpaired) electrons. The third kappa shape index (κ3) is 16.9. The molecule has 9 N–H and O–H groups in total. The van der Waals surface area contributed by atoms with Crippen LogP contribution in [-0.4, -0.2) is 51.9 Å². The lowest BCUT2D eigenvalue weighted by atomic mass is 9.73. The molecule has 0 aromatic heterocycles. The molecular formula is C113H106O13. The highest BCUT2D eigenvalue weighted by atomic mass is 16.8. The lowest BCUT2D eigenvalue weighted by Crippen LogP contribution is -2.41. The van der Waals surface area contributed by atoms with Crippen molar-refractivity contribution in [3.8, 4) is 108 Å². The summed E-state index contributed by atoms with van der Waals surface area (Å²) in [6.07, 6.45) is 0. The molecule has 13 heteroatoms. The molecule has 0 aliphatic rings. The largest absolute Gasteiger partial charge is 0.508 e. The van der Waals surface area contributed by atoms with Crippen LogP contribution >= 0.6 is 0 Å². The normalized spacial score (nSPS) is 12.8. The van der Waals surface area contributed by atoms with Crippen molar-refractivity contribution in [3.63, 3.8) is 0 Å². The van der Waals surface area contributed by atoms with Crippen molar-refractivity contribution in [1.82, 2.24) is 0 Å². The first-order chi connectivity index (χ1) is 59.7. The van der Waals surface area contributed by atoms with Gasteiger partial charge in [0.2, 0.25) is 0 Å². The Hall–Kier alpha value is -14.3. The Morgan fingerprint density at radius 2 is 0.413 bits per heavy atom. The maximum Gasteiger partial charge on any atom is 0.400 e. The number of hydrogen-bond acceptors (Lipinski definition) is 13. The summed E-state index contributed by atoms with van der Waals surface area (Å²) in [7, 11) is 0. The molecule has 15 aromatic carbocycles. The highest BCUT2D eigenvalue weighted by molar-refractivity contribution is 6.14. The van der Waals surface area contributed by atoms with E-state index in [0.717, 1.165) is 72.3 Å². The second kappa shape index (κ2) is 33.4. The van der Waals surface area contributed by atoms with Crippen LogP contribution in [0.4, 0.5) is 0 Å². The van der Waals surface area contributed by atoms with Crippen LogP contribution in [-0.2, 0) is 43.9 Å². The summed E-state index contributed by atoms with van der Waals surface area (Å²) in [5.41, 5.74) is 10.0. The standard InChI is InChI=1S/C113H106O13/c1-106(2,78-31-49-87(114)50-32-78)74-23-15-70(16-24-74)99-101(72-19-27-76(28-20-72)108(5,6)80-35-53-89(116)54-36-80)104(113(123,125-95-65-47-85(48-66-95)111(11,12)83-41-59-92(119)60-42-83)126-96-67-68-97(98(121)69-96)112(13,14)86-43-61-93(120)62-44-86)102(73-21-29-77(30-22-73)109(7,8)81-37-55-90(117)56-38-81)100(71-17-25-75(26-18-71)107(3,4)79-33-51-88(115)52-34-79)103(99)105(122)124-94-63-45-84(46-64-94)110(9,10)82-39-57-91(118)58-40-82/h15-69,114-121,123H,1-14H3. The Balaban J connectivity index is 1.10. The summed E-state index contributed by atoms with van der Waals surface area (Å²) in [4.78, 5) is 17.7. The van der Waals surface area contributed by atoms with E-state index in [0.29, 0.717) is 27.8 Å². The van der Waals surface area contributed by atoms with Gasteiger partial charge >= 0.3 is 11.9 Å². The maximum atomic E-state index is 17.7. The number of aliphatic hydroxyl groups is 1. The quantitative estimate of drug-likeness (QED) is 0.0148. The Kier molecular flexibility index (Phi) is 23.0. The van der Waals surface area contributed by atoms with E-state index in [1.807, 2.05) is 208 Å². The number of rotatable bonds is 25. The van der Waals surface area contributed by atoms with Crippen molar-refractivity contribution >= 4 is 5.97 Å². The molecule has 15 rings (SSSR count). The summed E-state index contributed by atoms with van der Waals surface area (Å²) in [5, 5.41) is 103. The van der Waals surface area contributed by atoms with E-state index in [-0.39, 0.29) is 96.6 Å². The summed E-state index contributed by atoms with van der Waals surface area (Å²) >= 11 is 0. The highest BCUT2D eigenvalue weighted by Gasteiger charge is 2.47. The van der Waals surface area contributed by atoms with Gasteiger partial charge < -0.3 is 60.2 Å². The van der Waals surface area contributed by atoms with Gasteiger partial charge in [-0.3, -0.25) is 0 Å². The van der Waals surface area contributed by atoms with Gasteiger partial charge in [-0.05, 0) is 210 Å². The van der Waals surface area contributed by atoms with Gasteiger partial charge in [-0.2, -0.15) is 0 Å². The van der Waals surface area contributed by atoms with Gasteiger partial charge in [-0.25, -0.2) is 4.79 Å². The molecule has 0 aliphatic heterocycles. The number of hydrogen-bond donors (Lipinski definition) is 9. The topological polar surface area (TPSA) is 227 Å². The molecule has 636 valence electrons. The summed E-state index contributed by atoms with van der Waals surface area (Å²) < 4.78 is 22.2. The molecule has 1 unspecified atom stereocenters. The van der Waals surface area contributed by atoms with Crippen molar-refractivity contribution in [1.29, 1.82) is 0 Å². The molecule has 0 bridgehead atoms. The van der Waals surface area contributed by atoms with E-state index < -0.39 is 49.8 Å². The minimum Gasteiger partial charge on any atom is -0.508 e. The van der Waals surface area contributed by atoms with Gasteiger partial charge in [0.05, 0.1) is 11.1 Å². The lowest BCUT2D eigenvalue weighted by Gasteiger charge is -2.36. The van der Waals surface area contributed by atoms with Gasteiger partial charge in [-0.15, -0.1) is 0 Å². The zero-order valence-electron chi connectivity index (χ0n) is 73.4. The van der Waals surface area contributed by atoms with Crippen molar-refractivity contribution in [2.24, 2.45) is 0 Å². The van der Waals surface area contributed by atoms with Gasteiger partial charge in [-0.1, -0.05) is 309 Å². The third-order valence-electron chi connectivity index (χ3n) is 26.2. The predicted molar refractivity (Wildman–Crippen MR) is 501 cm³/mol. The van der Waals surface area contributed by atoms with Crippen LogP contribution in [0.25, 0.3) is 44.5 Å². The van der Waals surface area contributed by atoms with Crippen LogP contribution in [0, 0.1) is 0 Å². The second-order valence-electron chi connectivity index (χ2n) is 36.7. The number of ether oxygens (including phenoxy) is 3. The van der Waals surface area contributed by atoms with Gasteiger partial charge in [0.1, 0.15) is 63.2 Å². The van der Waals surface area contributed by atoms with Crippen molar-refractivity contribution in [3.05, 3.63) is 423 Å². The molecule has 126 heavy (non-hydrogen) atoms. The first-order valence-electron chi connectivity index (χ1n) is 42.4. The molecule has 0 saturated carbocycles. The highest BCUT2D eigenvalue weighted by Crippen LogP contribution is 2.56. The number of benzene rings is 15. The van der Waals surface area contributed by atoms with Gasteiger partial charge in [0.15, 0.2) is 0 Å². The Bertz CT molecular complexity index is 6210. The zero-order chi connectivity index (χ0) is 89.8. The molecular weight excluding hydrogens is 1570 g/mol. The van der Waals surface area contributed by atoms with E-state index in [1.54, 1.807) is 133 Å². The Labute approximate surface area is 737 Å². The Morgan fingerprint density at radius 3 is 0.651 bits per heavy atom. The number of aromatic hydroxyl groups is 8. The fourth-order valence-electron chi connectivity index (χ4n) is 17.5. The first kappa shape index (κ1) is 86.7. The fourth-order valence-corrected chi connectivity index (χ4v) is 17.5. The average molecular weight is 1670 g/mol. The summed E-state index contributed by atoms with van der Waals surface area (Å²) in [6, 6.07) is 101. The van der Waals surface area contributed by atoms with Gasteiger partial charge in [0.25, 0.3) is 0 Å². The molecule has 0 spiro atoms. The molecule has 0 fully saturated rings. The number of carbonyl (C=O) groups is 1. The molecule has 1 atom stereocenters. The number of esters is 1. The van der Waals surface area contributed by atoms with Gasteiger partial charge in [0, 0.05) is 71.8 Å². The SMILES string of the molecule is CC(C)(c1ccc(O)cc1)c1ccc(OC(=O)c2c(-c3ccc(C(C)(C)c4ccc(O)cc4)cc3)c(-c3ccc(C(C)(C)c4ccc(O)cc4)cc3)c(C(O)(Oc3ccc(C(C)(C)c4ccc(O)cc4)cc3)Oc3ccc(C(C)(C)c4ccc(O)cc4)c(O)c3)c(-c3ccc(C(C)(C)c4ccc(O)cc4)cc3)c2-c2ccc(C(C)(C)c3ccc(O)cc3)cc2)cc1. The van der Waals surface area contributed by atoms with Crippen molar-refractivity contribution in [2.75, 3.05) is 0 Å². The molecule has 0 heterocycles. The third-order valence-corrected chi connectivity index (χ3v) is 26.2. The van der Waals surface area contributed by atoms with Crippen LogP contribution in [0.15, 0.2) is 334 Å². The monoisotopic (exact) mass is 1670 g/mol. The average Bonchev–Trinajstić information content (AvgIpc) is 0.702. The number of phenols is 8. The fraction of sp³-hybridized carbons (Fsp3) is 0.195. The molecule has 0 saturated heterocycles. The molecule has 0 aliphatic carbocycles. The van der Waals surface area contributed by atoms with Crippen LogP contribution in [0.3, 0.4) is 0 Å². The summed E-state index contributed by atoms with van der Waals surface area (Å²) in [6.45, 7) is 29.0. The van der Waals surface area contributed by atoms with E-state index in [9.17, 15) is 40.9 Å². The van der Waals surface area contributed by atoms with Crippen LogP contribution < -0.4 is 14.2 Å². The van der Waals surface area contributed by atoms with Crippen LogP contribution in [0.1, 0.15) is 191 Å².